The van der Waals surface area contributed by atoms with Crippen molar-refractivity contribution in [3.63, 3.8) is 0 Å². The maximum absolute atomic E-state index is 4.68. The third-order valence-corrected chi connectivity index (χ3v) is 1.37. The van der Waals surface area contributed by atoms with Gasteiger partial charge in [0.05, 0.1) is 0 Å². The van der Waals surface area contributed by atoms with Crippen molar-refractivity contribution in [3.8, 4) is 0 Å². The highest BCUT2D eigenvalue weighted by Gasteiger charge is 1.93. The summed E-state index contributed by atoms with van der Waals surface area (Å²) in [5.74, 6) is 0. The molecule has 2 heteroatoms. The largest absolute Gasteiger partial charge is 0.360 e. The number of hydrogen-bond donors (Lipinski definition) is 0. The van der Waals surface area contributed by atoms with Crippen LogP contribution in [0.3, 0.4) is 0 Å². The van der Waals surface area contributed by atoms with Gasteiger partial charge in [0.1, 0.15) is 5.49 Å². The summed E-state index contributed by atoms with van der Waals surface area (Å²) < 4.78 is 0. The average Bonchev–Trinajstić information content (AvgIpc) is 1.88. The second kappa shape index (κ2) is 6.02. The molecule has 0 amide bonds. The van der Waals surface area contributed by atoms with Crippen molar-refractivity contribution in [1.29, 1.82) is 0 Å². The Bertz CT molecular complexity index is 67.3. The lowest BCUT2D eigenvalue weighted by Crippen LogP contribution is -2.22. The highest BCUT2D eigenvalue weighted by atomic mass is 32.1. The van der Waals surface area contributed by atoms with E-state index in [1.165, 1.54) is 0 Å². The molecule has 0 saturated heterocycles. The second-order valence-corrected chi connectivity index (χ2v) is 2.26. The van der Waals surface area contributed by atoms with Crippen LogP contribution in [0.2, 0.25) is 0 Å². The predicted molar refractivity (Wildman–Crippen MR) is 44.8 cm³/mol. The summed E-state index contributed by atoms with van der Waals surface area (Å²) >= 11 is 4.68. The van der Waals surface area contributed by atoms with E-state index >= 15 is 0 Å². The van der Waals surface area contributed by atoms with Gasteiger partial charge in [-0.3, -0.25) is 0 Å². The molecule has 1 nitrogen and oxygen atoms in total. The van der Waals surface area contributed by atoms with Crippen molar-refractivity contribution >= 4 is 17.7 Å². The maximum Gasteiger partial charge on any atom is 0.136 e. The van der Waals surface area contributed by atoms with Crippen molar-refractivity contribution in [3.05, 3.63) is 0 Å². The van der Waals surface area contributed by atoms with E-state index in [0.29, 0.717) is 0 Å². The van der Waals surface area contributed by atoms with E-state index < -0.39 is 0 Å². The maximum atomic E-state index is 4.68. The zero-order chi connectivity index (χ0) is 7.11. The Kier molecular flexibility index (Phi) is 5.94. The van der Waals surface area contributed by atoms with Gasteiger partial charge in [0, 0.05) is 13.1 Å². The smallest absolute Gasteiger partial charge is 0.136 e. The highest BCUT2D eigenvalue weighted by molar-refractivity contribution is 7.78. The van der Waals surface area contributed by atoms with Crippen molar-refractivity contribution in [2.75, 3.05) is 13.1 Å². The minimum Gasteiger partial charge on any atom is -0.360 e. The molecular formula is C7H14NS. The summed E-state index contributed by atoms with van der Waals surface area (Å²) in [5.41, 5.74) is 2.72. The molecule has 0 fully saturated rings. The molecular weight excluding hydrogens is 130 g/mol. The van der Waals surface area contributed by atoms with Crippen molar-refractivity contribution in [1.82, 2.24) is 4.90 Å². The molecule has 0 aromatic heterocycles. The van der Waals surface area contributed by atoms with Gasteiger partial charge in [0.15, 0.2) is 0 Å². The van der Waals surface area contributed by atoms with Gasteiger partial charge < -0.3 is 4.90 Å². The first-order valence-electron chi connectivity index (χ1n) is 3.47. The lowest BCUT2D eigenvalue weighted by atomic mass is 10.4. The Labute approximate surface area is 63.0 Å². The van der Waals surface area contributed by atoms with Crippen LogP contribution >= 0.6 is 12.2 Å². The number of rotatable bonds is 5. The Hall–Kier alpha value is -0.110. The summed E-state index contributed by atoms with van der Waals surface area (Å²) in [6.45, 7) is 6.40. The van der Waals surface area contributed by atoms with Gasteiger partial charge in [-0.25, -0.2) is 0 Å². The molecule has 0 atom stereocenters. The van der Waals surface area contributed by atoms with Crippen LogP contribution in [0.1, 0.15) is 26.7 Å². The molecule has 53 valence electrons. The summed E-state index contributed by atoms with van der Waals surface area (Å²) in [4.78, 5) is 2.05. The Balaban J connectivity index is 3.29. The third-order valence-electron chi connectivity index (χ3n) is 1.12. The van der Waals surface area contributed by atoms with E-state index in [0.717, 1.165) is 25.9 Å². The number of hydrogen-bond acceptors (Lipinski definition) is 1. The van der Waals surface area contributed by atoms with E-state index in [-0.39, 0.29) is 0 Å². The van der Waals surface area contributed by atoms with Crippen LogP contribution < -0.4 is 0 Å². The van der Waals surface area contributed by atoms with Crippen LogP contribution in [0.25, 0.3) is 0 Å². The molecule has 0 heterocycles. The van der Waals surface area contributed by atoms with Crippen molar-refractivity contribution in [2.45, 2.75) is 26.7 Å². The van der Waals surface area contributed by atoms with Crippen LogP contribution in [0.15, 0.2) is 0 Å². The summed E-state index contributed by atoms with van der Waals surface area (Å²) in [5, 5.41) is 0. The van der Waals surface area contributed by atoms with E-state index in [4.69, 9.17) is 0 Å². The normalized spacial score (nSPS) is 9.11. The van der Waals surface area contributed by atoms with Crippen LogP contribution in [0.4, 0.5) is 0 Å². The molecule has 0 unspecified atom stereocenters. The van der Waals surface area contributed by atoms with E-state index in [9.17, 15) is 0 Å². The van der Waals surface area contributed by atoms with Gasteiger partial charge in [-0.1, -0.05) is 26.1 Å². The lowest BCUT2D eigenvalue weighted by Gasteiger charge is -2.14. The average molecular weight is 144 g/mol. The van der Waals surface area contributed by atoms with Crippen LogP contribution in [-0.2, 0) is 0 Å². The zero-order valence-electron chi connectivity index (χ0n) is 6.18. The van der Waals surface area contributed by atoms with Gasteiger partial charge in [-0.15, -0.1) is 0 Å². The summed E-state index contributed by atoms with van der Waals surface area (Å²) in [6.07, 6.45) is 2.31. The van der Waals surface area contributed by atoms with Crippen LogP contribution in [0.5, 0.6) is 0 Å². The van der Waals surface area contributed by atoms with Gasteiger partial charge in [-0.2, -0.15) is 0 Å². The first kappa shape index (κ1) is 8.89. The zero-order valence-corrected chi connectivity index (χ0v) is 7.00. The highest BCUT2D eigenvalue weighted by Crippen LogP contribution is 1.89. The topological polar surface area (TPSA) is 3.24 Å². The van der Waals surface area contributed by atoms with Gasteiger partial charge in [-0.05, 0) is 12.8 Å². The van der Waals surface area contributed by atoms with Gasteiger partial charge >= 0.3 is 0 Å². The third kappa shape index (κ3) is 4.40. The second-order valence-electron chi connectivity index (χ2n) is 2.08. The Morgan fingerprint density at radius 2 is 1.67 bits per heavy atom. The fourth-order valence-electron chi connectivity index (χ4n) is 0.743. The minimum absolute atomic E-state index is 1.05. The molecule has 0 N–H and O–H groups in total. The molecule has 0 saturated carbocycles. The fraction of sp³-hybridized carbons (Fsp3) is 0.857. The molecule has 0 spiro atoms. The molecule has 0 aliphatic rings. The molecule has 0 bridgehead atoms. The SMILES string of the molecule is CCCN([C]=S)CCC. The molecule has 0 aliphatic heterocycles. The summed E-state index contributed by atoms with van der Waals surface area (Å²) in [6, 6.07) is 0. The molecule has 1 radical (unpaired) electrons. The van der Waals surface area contributed by atoms with Gasteiger partial charge in [0.2, 0.25) is 0 Å². The standard InChI is InChI=1S/C7H14NS/c1-3-5-8(7-9)6-4-2/h3-6H2,1-2H3. The first-order valence-corrected chi connectivity index (χ1v) is 3.88. The van der Waals surface area contributed by atoms with E-state index in [1.807, 2.05) is 0 Å². The van der Waals surface area contributed by atoms with Crippen molar-refractivity contribution < 1.29 is 0 Å². The van der Waals surface area contributed by atoms with Gasteiger partial charge in [0.25, 0.3) is 0 Å². The first-order chi connectivity index (χ1) is 4.35. The Morgan fingerprint density at radius 1 is 1.22 bits per heavy atom. The quantitative estimate of drug-likeness (QED) is 0.428. The summed E-state index contributed by atoms with van der Waals surface area (Å²) in [7, 11) is 0. The van der Waals surface area contributed by atoms with E-state index in [2.05, 4.69) is 36.5 Å². The van der Waals surface area contributed by atoms with Crippen molar-refractivity contribution in [2.24, 2.45) is 0 Å². The molecule has 0 aromatic rings. The monoisotopic (exact) mass is 144 g/mol. The molecule has 0 aliphatic carbocycles. The lowest BCUT2D eigenvalue weighted by molar-refractivity contribution is 0.434. The number of thiocarbonyl (C=S) groups is 1. The van der Waals surface area contributed by atoms with Crippen LogP contribution in [-0.4, -0.2) is 23.5 Å². The predicted octanol–water partition coefficient (Wildman–Crippen LogP) is 1.94. The molecule has 0 aromatic carbocycles. The minimum atomic E-state index is 1.05. The molecule has 9 heavy (non-hydrogen) atoms. The fourth-order valence-corrected chi connectivity index (χ4v) is 0.925. The van der Waals surface area contributed by atoms with Crippen LogP contribution in [0, 0.1) is 0 Å². The number of nitrogens with zero attached hydrogens (tertiary/aromatic N) is 1. The van der Waals surface area contributed by atoms with E-state index in [1.54, 1.807) is 0 Å². The Morgan fingerprint density at radius 3 is 1.89 bits per heavy atom. The molecule has 0 rings (SSSR count).